The zero-order valence-corrected chi connectivity index (χ0v) is 16.8. The van der Waals surface area contributed by atoms with Crippen LogP contribution >= 0.6 is 0 Å². The molecule has 1 aliphatic carbocycles. The maximum absolute atomic E-state index is 6.27. The molecule has 3 rings (SSSR count). The fraction of sp³-hybridized carbons (Fsp3) is 0.850. The van der Waals surface area contributed by atoms with E-state index >= 15 is 0 Å². The number of rotatable bonds is 6. The van der Waals surface area contributed by atoms with E-state index in [0.29, 0.717) is 11.3 Å². The molecule has 2 aliphatic rings. The lowest BCUT2D eigenvalue weighted by Gasteiger charge is -2.37. The molecule has 0 unspecified atom stereocenters. The number of hydrogen-bond acceptors (Lipinski definition) is 4. The van der Waals surface area contributed by atoms with Crippen molar-refractivity contribution in [1.82, 2.24) is 20.0 Å². The molecule has 2 fully saturated rings. The first-order valence-corrected chi connectivity index (χ1v) is 9.78. The highest BCUT2D eigenvalue weighted by Crippen LogP contribution is 2.49. The molecule has 1 saturated heterocycles. The molecule has 0 amide bonds. The largest absolute Gasteiger partial charge is 0.374 e. The van der Waals surface area contributed by atoms with Crippen molar-refractivity contribution in [2.75, 3.05) is 40.8 Å². The van der Waals surface area contributed by atoms with Gasteiger partial charge in [0.25, 0.3) is 0 Å². The summed E-state index contributed by atoms with van der Waals surface area (Å²) < 4.78 is 6.27. The van der Waals surface area contributed by atoms with Crippen LogP contribution in [0.5, 0.6) is 0 Å². The Labute approximate surface area is 153 Å². The molecule has 1 aromatic heterocycles. The highest BCUT2D eigenvalue weighted by molar-refractivity contribution is 5.22. The molecule has 1 spiro atoms. The quantitative estimate of drug-likeness (QED) is 0.857. The Morgan fingerprint density at radius 1 is 1.20 bits per heavy atom. The topological polar surface area (TPSA) is 44.4 Å². The van der Waals surface area contributed by atoms with E-state index in [4.69, 9.17) is 4.74 Å². The van der Waals surface area contributed by atoms with E-state index in [-0.39, 0.29) is 5.60 Å². The van der Waals surface area contributed by atoms with Crippen molar-refractivity contribution in [2.24, 2.45) is 5.41 Å². The first-order valence-electron chi connectivity index (χ1n) is 9.78. The molecular weight excluding hydrogens is 312 g/mol. The molecule has 1 N–H and O–H groups in total. The van der Waals surface area contributed by atoms with Gasteiger partial charge >= 0.3 is 0 Å². The average molecular weight is 349 g/mol. The third-order valence-corrected chi connectivity index (χ3v) is 6.00. The van der Waals surface area contributed by atoms with Crippen molar-refractivity contribution >= 4 is 0 Å². The summed E-state index contributed by atoms with van der Waals surface area (Å²) in [5.41, 5.74) is 3.24. The van der Waals surface area contributed by atoms with Crippen LogP contribution in [0.1, 0.15) is 63.1 Å². The van der Waals surface area contributed by atoms with Gasteiger partial charge in [-0.2, -0.15) is 5.10 Å². The predicted molar refractivity (Wildman–Crippen MR) is 102 cm³/mol. The summed E-state index contributed by atoms with van der Waals surface area (Å²) in [6.07, 6.45) is 8.06. The minimum absolute atomic E-state index is 0.155. The Morgan fingerprint density at radius 2 is 1.92 bits per heavy atom. The highest BCUT2D eigenvalue weighted by Gasteiger charge is 2.46. The third kappa shape index (κ3) is 4.63. The molecule has 1 aromatic rings. The van der Waals surface area contributed by atoms with Gasteiger partial charge in [0.1, 0.15) is 0 Å². The van der Waals surface area contributed by atoms with Gasteiger partial charge in [-0.15, -0.1) is 0 Å². The second-order valence-corrected chi connectivity index (χ2v) is 9.44. The lowest BCUT2D eigenvalue weighted by Crippen LogP contribution is -2.34. The third-order valence-electron chi connectivity index (χ3n) is 6.00. The molecule has 2 heterocycles. The van der Waals surface area contributed by atoms with Gasteiger partial charge < -0.3 is 14.5 Å². The van der Waals surface area contributed by atoms with Crippen molar-refractivity contribution in [3.63, 3.8) is 0 Å². The predicted octanol–water partition coefficient (Wildman–Crippen LogP) is 3.25. The van der Waals surface area contributed by atoms with Crippen molar-refractivity contribution in [1.29, 1.82) is 0 Å². The van der Waals surface area contributed by atoms with Crippen molar-refractivity contribution in [2.45, 2.75) is 64.0 Å². The number of ether oxygens (including phenoxy) is 1. The Kier molecular flexibility index (Phi) is 5.57. The van der Waals surface area contributed by atoms with Gasteiger partial charge in [-0.05, 0) is 58.7 Å². The van der Waals surface area contributed by atoms with Gasteiger partial charge in [0.05, 0.1) is 18.4 Å². The number of nitrogens with one attached hydrogen (secondary N) is 1. The van der Waals surface area contributed by atoms with Gasteiger partial charge in [-0.3, -0.25) is 5.10 Å². The lowest BCUT2D eigenvalue weighted by molar-refractivity contribution is -0.0296. The zero-order valence-electron chi connectivity index (χ0n) is 16.8. The molecule has 5 heteroatoms. The van der Waals surface area contributed by atoms with Crippen LogP contribution in [0.15, 0.2) is 6.20 Å². The summed E-state index contributed by atoms with van der Waals surface area (Å²) in [6.45, 7) is 8.74. The van der Waals surface area contributed by atoms with Gasteiger partial charge in [0.2, 0.25) is 0 Å². The first-order chi connectivity index (χ1) is 11.8. The summed E-state index contributed by atoms with van der Waals surface area (Å²) in [5.74, 6) is 0.609. The fourth-order valence-corrected chi connectivity index (χ4v) is 4.62. The normalized spacial score (nSPS) is 29.2. The molecule has 1 saturated carbocycles. The van der Waals surface area contributed by atoms with Crippen LogP contribution < -0.4 is 0 Å². The standard InChI is InChI=1S/C20H36N4O/c1-19(2)14-20(25-15-19)8-6-16(7-9-20)18-17(12-21-22-18)13-24(5)11-10-23(3)4/h12,16H,6-11,13-15H2,1-5H3,(H,21,22). The minimum Gasteiger partial charge on any atom is -0.374 e. The second-order valence-electron chi connectivity index (χ2n) is 9.44. The van der Waals surface area contributed by atoms with Crippen LogP contribution in [-0.4, -0.2) is 66.4 Å². The SMILES string of the molecule is CN(C)CCN(C)Cc1cn[nH]c1C1CCC2(CC1)CC(C)(C)CO2. The Hall–Kier alpha value is -0.910. The molecule has 25 heavy (non-hydrogen) atoms. The molecule has 0 aromatic carbocycles. The smallest absolute Gasteiger partial charge is 0.0689 e. The van der Waals surface area contributed by atoms with Crippen LogP contribution in [0.4, 0.5) is 0 Å². The monoisotopic (exact) mass is 348 g/mol. The highest BCUT2D eigenvalue weighted by atomic mass is 16.5. The molecule has 0 atom stereocenters. The lowest BCUT2D eigenvalue weighted by atomic mass is 9.72. The van der Waals surface area contributed by atoms with E-state index in [1.54, 1.807) is 0 Å². The number of nitrogens with zero attached hydrogens (tertiary/aromatic N) is 3. The van der Waals surface area contributed by atoms with Crippen LogP contribution in [0.25, 0.3) is 0 Å². The maximum Gasteiger partial charge on any atom is 0.0689 e. The van der Waals surface area contributed by atoms with Gasteiger partial charge in [0, 0.05) is 36.8 Å². The average Bonchev–Trinajstić information content (AvgIpc) is 3.11. The summed E-state index contributed by atoms with van der Waals surface area (Å²) in [4.78, 5) is 4.62. The molecule has 0 radical (unpaired) electrons. The van der Waals surface area contributed by atoms with Gasteiger partial charge in [0.15, 0.2) is 0 Å². The Morgan fingerprint density at radius 3 is 2.52 bits per heavy atom. The van der Waals surface area contributed by atoms with Crippen molar-refractivity contribution in [3.8, 4) is 0 Å². The molecule has 142 valence electrons. The van der Waals surface area contributed by atoms with E-state index in [0.717, 1.165) is 26.2 Å². The van der Waals surface area contributed by atoms with E-state index < -0.39 is 0 Å². The number of H-pyrrole nitrogens is 1. The van der Waals surface area contributed by atoms with Crippen LogP contribution in [-0.2, 0) is 11.3 Å². The molecular formula is C20H36N4O. The Balaban J connectivity index is 1.57. The Bertz CT molecular complexity index is 558. The van der Waals surface area contributed by atoms with Crippen molar-refractivity contribution in [3.05, 3.63) is 17.5 Å². The maximum atomic E-state index is 6.27. The van der Waals surface area contributed by atoms with Crippen LogP contribution in [0.3, 0.4) is 0 Å². The number of likely N-dealkylation sites (N-methyl/N-ethyl adjacent to an activating group) is 2. The molecule has 1 aliphatic heterocycles. The summed E-state index contributed by atoms with van der Waals surface area (Å²) >= 11 is 0. The molecule has 5 nitrogen and oxygen atoms in total. The minimum atomic E-state index is 0.155. The van der Waals surface area contributed by atoms with E-state index in [9.17, 15) is 0 Å². The van der Waals surface area contributed by atoms with Crippen LogP contribution in [0.2, 0.25) is 0 Å². The summed E-state index contributed by atoms with van der Waals surface area (Å²) in [6, 6.07) is 0. The van der Waals surface area contributed by atoms with Gasteiger partial charge in [-0.1, -0.05) is 13.8 Å². The molecule has 0 bridgehead atoms. The van der Waals surface area contributed by atoms with E-state index in [2.05, 4.69) is 55.0 Å². The second kappa shape index (κ2) is 7.37. The van der Waals surface area contributed by atoms with E-state index in [1.807, 2.05) is 6.20 Å². The fourth-order valence-electron chi connectivity index (χ4n) is 4.62. The van der Waals surface area contributed by atoms with Gasteiger partial charge in [-0.25, -0.2) is 0 Å². The number of hydrogen-bond donors (Lipinski definition) is 1. The van der Waals surface area contributed by atoms with Crippen molar-refractivity contribution < 1.29 is 4.74 Å². The number of aromatic amines is 1. The first kappa shape index (κ1) is 18.9. The van der Waals surface area contributed by atoms with E-state index in [1.165, 1.54) is 43.4 Å². The summed E-state index contributed by atoms with van der Waals surface area (Å²) in [7, 11) is 6.45. The number of aromatic nitrogens is 2. The van der Waals surface area contributed by atoms with Crippen LogP contribution in [0, 0.1) is 5.41 Å². The zero-order chi connectivity index (χ0) is 18.1. The summed E-state index contributed by atoms with van der Waals surface area (Å²) in [5, 5.41) is 7.68.